The Hall–Kier alpha value is -2.33. The molecule has 47 heavy (non-hydrogen) atoms. The third kappa shape index (κ3) is 7.79. The van der Waals surface area contributed by atoms with Gasteiger partial charge in [0.2, 0.25) is 10.0 Å². The molecule has 6 rings (SSSR count). The van der Waals surface area contributed by atoms with Gasteiger partial charge in [-0.3, -0.25) is 4.79 Å². The summed E-state index contributed by atoms with van der Waals surface area (Å²) in [6.07, 6.45) is 11.4. The van der Waals surface area contributed by atoms with Crippen molar-refractivity contribution in [2.24, 2.45) is 23.7 Å². The van der Waals surface area contributed by atoms with Gasteiger partial charge in [-0.2, -0.15) is 0 Å². The van der Waals surface area contributed by atoms with Crippen molar-refractivity contribution in [2.75, 3.05) is 23.7 Å². The number of carbonyl (C=O) groups is 1. The molecule has 1 amide bonds. The highest BCUT2D eigenvalue weighted by atomic mass is 35.5. The van der Waals surface area contributed by atoms with Crippen LogP contribution in [0.25, 0.3) is 0 Å². The molecule has 1 unspecified atom stereocenters. The van der Waals surface area contributed by atoms with E-state index in [0.717, 1.165) is 74.3 Å². The summed E-state index contributed by atoms with van der Waals surface area (Å²) in [6, 6.07) is 11.3. The molecule has 2 fully saturated rings. The normalized spacial score (nSPS) is 28.9. The van der Waals surface area contributed by atoms with E-state index < -0.39 is 24.2 Å². The highest BCUT2D eigenvalue weighted by Gasteiger charge is 2.45. The molecular formula is C37H51ClN2O5SSi. The van der Waals surface area contributed by atoms with Gasteiger partial charge in [-0.1, -0.05) is 50.6 Å². The van der Waals surface area contributed by atoms with Gasteiger partial charge in [0.05, 0.1) is 17.5 Å². The zero-order valence-corrected chi connectivity index (χ0v) is 31.1. The monoisotopic (exact) mass is 698 g/mol. The van der Waals surface area contributed by atoms with Gasteiger partial charge in [-0.15, -0.1) is 0 Å². The molecule has 5 atom stereocenters. The number of hydrogen-bond acceptors (Lipinski definition) is 6. The summed E-state index contributed by atoms with van der Waals surface area (Å²) in [7, 11) is -5.91. The number of hydrogen-bond donors (Lipinski definition) is 1. The van der Waals surface area contributed by atoms with Crippen LogP contribution in [-0.2, 0) is 27.5 Å². The molecule has 0 spiro atoms. The lowest BCUT2D eigenvalue weighted by Gasteiger charge is -2.48. The van der Waals surface area contributed by atoms with Crippen molar-refractivity contribution in [2.45, 2.75) is 96.6 Å². The van der Waals surface area contributed by atoms with Gasteiger partial charge >= 0.3 is 0 Å². The van der Waals surface area contributed by atoms with Crippen molar-refractivity contribution < 1.29 is 22.4 Å². The summed E-state index contributed by atoms with van der Waals surface area (Å²) >= 11 is 6.37. The second kappa shape index (κ2) is 13.5. The van der Waals surface area contributed by atoms with Crippen LogP contribution in [0.4, 0.5) is 5.69 Å². The Labute approximate surface area is 287 Å². The Morgan fingerprint density at radius 3 is 2.47 bits per heavy atom. The fourth-order valence-corrected chi connectivity index (χ4v) is 10.2. The lowest BCUT2D eigenvalue weighted by molar-refractivity contribution is 0.0524. The zero-order chi connectivity index (χ0) is 33.6. The van der Waals surface area contributed by atoms with E-state index in [-0.39, 0.29) is 28.7 Å². The third-order valence-electron chi connectivity index (χ3n) is 11.5. The predicted octanol–water partition coefficient (Wildman–Crippen LogP) is 8.13. The number of anilines is 1. The standard InChI is InChI=1S/C37H51ClN2O5SSi/c1-37(2,3)47(4,5)45-34-17-13-25-9-10-30(25)24-46(42,43)39-36(41)27-14-18-35-33(21-27)40(22-28-12-16-32(28)34)19-7-6-8-26-20-31(38)15-11-29(26)23-44-35/h11,13-15,17-18,20-21,25,28,30,32,34H,6-10,12,16,19,22-24H2,1-5H3,(H,39,41)/b17-13-/t25-,28+,30-,32-,34?/m1/s1. The molecule has 7 nitrogen and oxygen atoms in total. The quantitative estimate of drug-likeness (QED) is 0.252. The van der Waals surface area contributed by atoms with Gasteiger partial charge < -0.3 is 14.1 Å². The first-order valence-corrected chi connectivity index (χ1v) is 22.3. The first kappa shape index (κ1) is 34.5. The summed E-state index contributed by atoms with van der Waals surface area (Å²) in [5, 5.41) is 0.802. The molecule has 2 heterocycles. The second-order valence-electron chi connectivity index (χ2n) is 15.7. The number of amides is 1. The number of sulfonamides is 1. The van der Waals surface area contributed by atoms with Crippen LogP contribution in [0.15, 0.2) is 48.6 Å². The van der Waals surface area contributed by atoms with Gasteiger partial charge in [0.25, 0.3) is 5.91 Å². The third-order valence-corrected chi connectivity index (χ3v) is 17.6. The average molecular weight is 699 g/mol. The van der Waals surface area contributed by atoms with Crippen LogP contribution < -0.4 is 14.4 Å². The Morgan fingerprint density at radius 2 is 1.77 bits per heavy atom. The fourth-order valence-electron chi connectivity index (χ4n) is 7.23. The summed E-state index contributed by atoms with van der Waals surface area (Å²) in [4.78, 5) is 15.8. The number of fused-ring (bicyclic) bond motifs is 4. The van der Waals surface area contributed by atoms with E-state index in [2.05, 4.69) is 55.6 Å². The van der Waals surface area contributed by atoms with Crippen LogP contribution in [0.5, 0.6) is 5.75 Å². The molecule has 0 radical (unpaired) electrons. The molecule has 2 aliphatic heterocycles. The Bertz CT molecular complexity index is 1620. The molecule has 2 bridgehead atoms. The van der Waals surface area contributed by atoms with Crippen LogP contribution in [-0.4, -0.2) is 47.6 Å². The molecule has 256 valence electrons. The predicted molar refractivity (Wildman–Crippen MR) is 192 cm³/mol. The maximum Gasteiger partial charge on any atom is 0.264 e. The van der Waals surface area contributed by atoms with Crippen LogP contribution in [0.3, 0.4) is 0 Å². The lowest BCUT2D eigenvalue weighted by atomic mass is 9.69. The van der Waals surface area contributed by atoms with Crippen LogP contribution >= 0.6 is 11.6 Å². The van der Waals surface area contributed by atoms with E-state index in [0.29, 0.717) is 29.8 Å². The molecule has 2 aliphatic carbocycles. The van der Waals surface area contributed by atoms with E-state index in [1.54, 1.807) is 6.07 Å². The Morgan fingerprint density at radius 1 is 0.979 bits per heavy atom. The number of allylic oxidation sites excluding steroid dienone is 1. The summed E-state index contributed by atoms with van der Waals surface area (Å²) in [5.41, 5.74) is 3.46. The van der Waals surface area contributed by atoms with Gasteiger partial charge in [0.15, 0.2) is 8.32 Å². The number of nitrogens with zero attached hydrogens (tertiary/aromatic N) is 1. The minimum absolute atomic E-state index is 0.00894. The minimum Gasteiger partial charge on any atom is -0.487 e. The molecule has 4 aliphatic rings. The topological polar surface area (TPSA) is 84.9 Å². The average Bonchev–Trinajstić information content (AvgIpc) is 2.99. The zero-order valence-electron chi connectivity index (χ0n) is 28.6. The number of halogens is 1. The van der Waals surface area contributed by atoms with Gasteiger partial charge in [0, 0.05) is 23.7 Å². The van der Waals surface area contributed by atoms with E-state index in [1.165, 1.54) is 5.56 Å². The lowest BCUT2D eigenvalue weighted by Crippen LogP contribution is -2.50. The summed E-state index contributed by atoms with van der Waals surface area (Å²) in [5.74, 6) is 0.996. The highest BCUT2D eigenvalue weighted by Crippen LogP contribution is 2.46. The maximum atomic E-state index is 13.4. The van der Waals surface area contributed by atoms with Gasteiger partial charge in [-0.25, -0.2) is 13.1 Å². The molecule has 0 aromatic heterocycles. The Kier molecular flexibility index (Phi) is 9.94. The van der Waals surface area contributed by atoms with E-state index in [9.17, 15) is 13.2 Å². The van der Waals surface area contributed by atoms with Crippen molar-refractivity contribution in [3.63, 3.8) is 0 Å². The number of ether oxygens (including phenoxy) is 1. The summed E-state index contributed by atoms with van der Waals surface area (Å²) in [6.45, 7) is 13.5. The second-order valence-corrected chi connectivity index (χ2v) is 22.7. The number of nitrogens with one attached hydrogen (secondary N) is 1. The van der Waals surface area contributed by atoms with Crippen molar-refractivity contribution in [1.82, 2.24) is 4.72 Å². The number of rotatable bonds is 2. The SMILES string of the molecule is CC(C)(C)[Si](C)(C)OC1/C=C\[C@H]2CC[C@@H]2CS(=O)(=O)NC(=O)c2ccc3c(c2)N(CCCCc2cc(Cl)ccc2CO3)C[C@@H]2CC[C@@H]12. The fraction of sp³-hybridized carbons (Fsp3) is 0.595. The molecule has 10 heteroatoms. The van der Waals surface area contributed by atoms with Gasteiger partial charge in [-0.05, 0) is 128 Å². The Balaban J connectivity index is 1.38. The molecule has 2 aromatic carbocycles. The highest BCUT2D eigenvalue weighted by molar-refractivity contribution is 7.90. The molecule has 2 aromatic rings. The van der Waals surface area contributed by atoms with E-state index >= 15 is 0 Å². The maximum absolute atomic E-state index is 13.4. The van der Waals surface area contributed by atoms with Crippen LogP contribution in [0.1, 0.15) is 80.8 Å². The van der Waals surface area contributed by atoms with E-state index in [1.807, 2.05) is 30.3 Å². The molecule has 1 N–H and O–H groups in total. The van der Waals surface area contributed by atoms with Crippen molar-refractivity contribution in [3.05, 3.63) is 70.3 Å². The van der Waals surface area contributed by atoms with Crippen molar-refractivity contribution in [1.29, 1.82) is 0 Å². The minimum atomic E-state index is -3.82. The number of carbonyl (C=O) groups excluding carboxylic acids is 1. The smallest absolute Gasteiger partial charge is 0.264 e. The van der Waals surface area contributed by atoms with Crippen molar-refractivity contribution in [3.8, 4) is 5.75 Å². The largest absolute Gasteiger partial charge is 0.487 e. The number of benzene rings is 2. The first-order chi connectivity index (χ1) is 22.2. The molecule has 2 saturated carbocycles. The van der Waals surface area contributed by atoms with Crippen LogP contribution in [0.2, 0.25) is 23.2 Å². The molecular weight excluding hydrogens is 648 g/mol. The summed E-state index contributed by atoms with van der Waals surface area (Å²) < 4.78 is 42.6. The van der Waals surface area contributed by atoms with E-state index in [4.69, 9.17) is 20.8 Å². The number of aryl methyl sites for hydroxylation is 1. The molecule has 0 saturated heterocycles. The first-order valence-electron chi connectivity index (χ1n) is 17.4. The van der Waals surface area contributed by atoms with Crippen LogP contribution in [0, 0.1) is 23.7 Å². The van der Waals surface area contributed by atoms with Gasteiger partial charge in [0.1, 0.15) is 12.4 Å². The van der Waals surface area contributed by atoms with Crippen molar-refractivity contribution >= 4 is 41.5 Å².